The Hall–Kier alpha value is -0.770. The number of carbonyl (C=O) groups is 1. The van der Waals surface area contributed by atoms with Crippen molar-refractivity contribution in [2.45, 2.75) is 38.3 Å². The van der Waals surface area contributed by atoms with Crippen LogP contribution in [0.25, 0.3) is 0 Å². The van der Waals surface area contributed by atoms with E-state index in [1.807, 2.05) is 0 Å². The lowest BCUT2D eigenvalue weighted by atomic mass is 10.1. The third kappa shape index (κ3) is 2.59. The van der Waals surface area contributed by atoms with Crippen molar-refractivity contribution in [3.8, 4) is 0 Å². The summed E-state index contributed by atoms with van der Waals surface area (Å²) in [5.74, 6) is 0. The van der Waals surface area contributed by atoms with E-state index in [1.54, 1.807) is 11.8 Å². The van der Waals surface area contributed by atoms with E-state index in [9.17, 15) is 9.90 Å². The highest BCUT2D eigenvalue weighted by Crippen LogP contribution is 2.21. The predicted octanol–water partition coefficient (Wildman–Crippen LogP) is 0.988. The van der Waals surface area contributed by atoms with Crippen molar-refractivity contribution in [3.05, 3.63) is 0 Å². The first kappa shape index (κ1) is 10.3. The van der Waals surface area contributed by atoms with Crippen molar-refractivity contribution >= 4 is 6.09 Å². The van der Waals surface area contributed by atoms with Crippen LogP contribution in [0.3, 0.4) is 0 Å². The lowest BCUT2D eigenvalue weighted by Crippen LogP contribution is -2.37. The molecule has 1 aliphatic rings. The van der Waals surface area contributed by atoms with Crippen molar-refractivity contribution in [3.63, 3.8) is 0 Å². The van der Waals surface area contributed by atoms with E-state index in [0.29, 0.717) is 6.42 Å². The van der Waals surface area contributed by atoms with Gasteiger partial charge in [0.25, 0.3) is 0 Å². The van der Waals surface area contributed by atoms with Gasteiger partial charge in [0.2, 0.25) is 0 Å². The van der Waals surface area contributed by atoms with Gasteiger partial charge in [0.15, 0.2) is 0 Å². The van der Waals surface area contributed by atoms with E-state index < -0.39 is 0 Å². The van der Waals surface area contributed by atoms with Crippen LogP contribution in [0.4, 0.5) is 4.79 Å². The van der Waals surface area contributed by atoms with Gasteiger partial charge in [-0.05, 0) is 26.2 Å². The number of aliphatic hydroxyl groups excluding tert-OH is 1. The molecule has 0 aromatic heterocycles. The number of rotatable bonds is 2. The summed E-state index contributed by atoms with van der Waals surface area (Å²) in [7, 11) is 1.39. The van der Waals surface area contributed by atoms with Gasteiger partial charge < -0.3 is 14.7 Å². The van der Waals surface area contributed by atoms with E-state index in [1.165, 1.54) is 7.11 Å². The molecule has 76 valence electrons. The summed E-state index contributed by atoms with van der Waals surface area (Å²) in [4.78, 5) is 12.9. The maximum Gasteiger partial charge on any atom is 0.409 e. The molecular weight excluding hydrogens is 170 g/mol. The summed E-state index contributed by atoms with van der Waals surface area (Å²) >= 11 is 0. The molecule has 1 amide bonds. The molecule has 0 saturated carbocycles. The lowest BCUT2D eigenvalue weighted by molar-refractivity contribution is 0.0994. The van der Waals surface area contributed by atoms with Crippen molar-refractivity contribution in [1.29, 1.82) is 0 Å². The van der Waals surface area contributed by atoms with Gasteiger partial charge >= 0.3 is 6.09 Å². The molecular formula is C9H17NO3. The molecule has 0 aromatic carbocycles. The molecule has 0 aliphatic carbocycles. The fraction of sp³-hybridized carbons (Fsp3) is 0.889. The molecule has 4 nitrogen and oxygen atoms in total. The second-order valence-corrected chi connectivity index (χ2v) is 3.54. The minimum atomic E-state index is -0.352. The Morgan fingerprint density at radius 3 is 3.00 bits per heavy atom. The fourth-order valence-corrected chi connectivity index (χ4v) is 1.83. The zero-order valence-corrected chi connectivity index (χ0v) is 8.19. The molecule has 1 rings (SSSR count). The van der Waals surface area contributed by atoms with Crippen LogP contribution < -0.4 is 0 Å². The van der Waals surface area contributed by atoms with Crippen LogP contribution >= 0.6 is 0 Å². The fourth-order valence-electron chi connectivity index (χ4n) is 1.83. The zero-order valence-electron chi connectivity index (χ0n) is 8.19. The first-order valence-corrected chi connectivity index (χ1v) is 4.67. The summed E-state index contributed by atoms with van der Waals surface area (Å²) in [6.07, 6.45) is 2.00. The van der Waals surface area contributed by atoms with Crippen LogP contribution in [-0.4, -0.2) is 41.9 Å². The summed E-state index contributed by atoms with van der Waals surface area (Å²) in [5, 5.41) is 9.21. The molecule has 1 fully saturated rings. The monoisotopic (exact) mass is 187 g/mol. The van der Waals surface area contributed by atoms with E-state index >= 15 is 0 Å². The van der Waals surface area contributed by atoms with Gasteiger partial charge in [0, 0.05) is 12.6 Å². The third-order valence-electron chi connectivity index (χ3n) is 2.40. The quantitative estimate of drug-likeness (QED) is 0.701. The van der Waals surface area contributed by atoms with Crippen LogP contribution in [0, 0.1) is 0 Å². The van der Waals surface area contributed by atoms with Gasteiger partial charge in [0.1, 0.15) is 0 Å². The number of hydrogen-bond donors (Lipinski definition) is 1. The highest BCUT2D eigenvalue weighted by Gasteiger charge is 2.29. The van der Waals surface area contributed by atoms with Crippen LogP contribution in [0.2, 0.25) is 0 Å². The van der Waals surface area contributed by atoms with Crippen molar-refractivity contribution < 1.29 is 14.6 Å². The smallest absolute Gasteiger partial charge is 0.409 e. The maximum absolute atomic E-state index is 11.2. The Kier molecular flexibility index (Phi) is 3.54. The second kappa shape index (κ2) is 4.46. The minimum Gasteiger partial charge on any atom is -0.453 e. The Labute approximate surface area is 78.5 Å². The van der Waals surface area contributed by atoms with Gasteiger partial charge in [0.05, 0.1) is 13.2 Å². The molecule has 0 radical (unpaired) electrons. The zero-order chi connectivity index (χ0) is 9.84. The van der Waals surface area contributed by atoms with Crippen LogP contribution in [0.15, 0.2) is 0 Å². The topological polar surface area (TPSA) is 49.8 Å². The number of amides is 1. The summed E-state index contributed by atoms with van der Waals surface area (Å²) < 4.78 is 4.65. The molecule has 13 heavy (non-hydrogen) atoms. The normalized spacial score (nSPS) is 24.5. The first-order valence-electron chi connectivity index (χ1n) is 4.67. The number of aliphatic hydroxyl groups is 1. The summed E-state index contributed by atoms with van der Waals surface area (Å²) in [6, 6.07) is 0.160. The maximum atomic E-state index is 11.2. The second-order valence-electron chi connectivity index (χ2n) is 3.54. The summed E-state index contributed by atoms with van der Waals surface area (Å²) in [5.41, 5.74) is 0. The molecule has 0 spiro atoms. The molecule has 4 heteroatoms. The molecule has 0 bridgehead atoms. The number of carbonyl (C=O) groups excluding carboxylic acids is 1. The van der Waals surface area contributed by atoms with E-state index in [-0.39, 0.29) is 18.2 Å². The lowest BCUT2D eigenvalue weighted by Gasteiger charge is -2.23. The molecule has 1 saturated heterocycles. The Balaban J connectivity index is 2.48. The highest BCUT2D eigenvalue weighted by molar-refractivity contribution is 5.68. The predicted molar refractivity (Wildman–Crippen MR) is 48.4 cm³/mol. The first-order chi connectivity index (χ1) is 6.15. The molecule has 1 heterocycles. The van der Waals surface area contributed by atoms with Crippen molar-refractivity contribution in [2.75, 3.05) is 13.7 Å². The molecule has 2 unspecified atom stereocenters. The average Bonchev–Trinajstić information content (AvgIpc) is 2.50. The molecule has 1 aliphatic heterocycles. The van der Waals surface area contributed by atoms with Gasteiger partial charge in [-0.25, -0.2) is 4.79 Å². The van der Waals surface area contributed by atoms with Gasteiger partial charge in [-0.15, -0.1) is 0 Å². The standard InChI is InChI=1S/C9H17NO3/c1-7(11)6-8-4-3-5-10(8)9(12)13-2/h7-8,11H,3-6H2,1-2H3. The van der Waals surface area contributed by atoms with Crippen LogP contribution in [0.1, 0.15) is 26.2 Å². The van der Waals surface area contributed by atoms with Crippen LogP contribution in [0.5, 0.6) is 0 Å². The molecule has 0 aromatic rings. The highest BCUT2D eigenvalue weighted by atomic mass is 16.5. The Morgan fingerprint density at radius 1 is 1.77 bits per heavy atom. The largest absolute Gasteiger partial charge is 0.453 e. The number of methoxy groups -OCH3 is 1. The Bertz CT molecular complexity index is 182. The van der Waals surface area contributed by atoms with Crippen molar-refractivity contribution in [2.24, 2.45) is 0 Å². The van der Waals surface area contributed by atoms with Gasteiger partial charge in [-0.3, -0.25) is 0 Å². The number of ether oxygens (including phenoxy) is 1. The number of nitrogens with zero attached hydrogens (tertiary/aromatic N) is 1. The van der Waals surface area contributed by atoms with Crippen LogP contribution in [-0.2, 0) is 4.74 Å². The van der Waals surface area contributed by atoms with Gasteiger partial charge in [-0.2, -0.15) is 0 Å². The number of likely N-dealkylation sites (tertiary alicyclic amines) is 1. The third-order valence-corrected chi connectivity index (χ3v) is 2.40. The van der Waals surface area contributed by atoms with E-state index in [4.69, 9.17) is 0 Å². The van der Waals surface area contributed by atoms with Crippen molar-refractivity contribution in [1.82, 2.24) is 4.90 Å². The van der Waals surface area contributed by atoms with Gasteiger partial charge in [-0.1, -0.05) is 0 Å². The SMILES string of the molecule is COC(=O)N1CCCC1CC(C)O. The van der Waals surface area contributed by atoms with E-state index in [2.05, 4.69) is 4.74 Å². The molecule has 1 N–H and O–H groups in total. The summed E-state index contributed by atoms with van der Waals surface area (Å²) in [6.45, 7) is 2.50. The number of hydrogen-bond acceptors (Lipinski definition) is 3. The average molecular weight is 187 g/mol. The Morgan fingerprint density at radius 2 is 2.46 bits per heavy atom. The minimum absolute atomic E-state index is 0.160. The molecule has 2 atom stereocenters. The van der Waals surface area contributed by atoms with E-state index in [0.717, 1.165) is 19.4 Å².